The number of unbranched alkanes of at least 4 members (excludes halogenated alkanes) is 1. The van der Waals surface area contributed by atoms with Crippen molar-refractivity contribution in [1.82, 2.24) is 0 Å². The number of aliphatic hydroxyl groups is 1. The number of hydrogen-bond acceptors (Lipinski definition) is 1. The van der Waals surface area contributed by atoms with Gasteiger partial charge in [-0.3, -0.25) is 0 Å². The van der Waals surface area contributed by atoms with E-state index in [1.165, 1.54) is 18.4 Å². The smallest absolute Gasteiger partial charge is 0.0546 e. The average molecular weight is 210 g/mol. The Balaban J connectivity index is 3.74. The van der Waals surface area contributed by atoms with E-state index in [1.807, 2.05) is 6.92 Å². The fraction of sp³-hybridized carbons (Fsp3) is 0.714. The fourth-order valence-electron chi connectivity index (χ4n) is 1.43. The van der Waals surface area contributed by atoms with Crippen LogP contribution in [-0.2, 0) is 0 Å². The summed E-state index contributed by atoms with van der Waals surface area (Å²) >= 11 is 0. The van der Waals surface area contributed by atoms with Crippen LogP contribution in [0.2, 0.25) is 0 Å². The van der Waals surface area contributed by atoms with Crippen molar-refractivity contribution in [2.75, 3.05) is 0 Å². The minimum atomic E-state index is -0.206. The van der Waals surface area contributed by atoms with E-state index >= 15 is 0 Å². The first-order valence-corrected chi connectivity index (χ1v) is 6.21. The molecule has 0 radical (unpaired) electrons. The van der Waals surface area contributed by atoms with E-state index in [4.69, 9.17) is 0 Å². The third kappa shape index (κ3) is 9.74. The van der Waals surface area contributed by atoms with Gasteiger partial charge in [0.25, 0.3) is 0 Å². The van der Waals surface area contributed by atoms with Gasteiger partial charge in [0.05, 0.1) is 6.10 Å². The van der Waals surface area contributed by atoms with Crippen molar-refractivity contribution in [2.45, 2.75) is 65.4 Å². The zero-order valence-corrected chi connectivity index (χ0v) is 10.5. The maximum Gasteiger partial charge on any atom is 0.0546 e. The van der Waals surface area contributed by atoms with Gasteiger partial charge in [-0.15, -0.1) is 0 Å². The standard InChI is InChI=1S/C14H26O/c1-4-6-7-8-9-10-14(5-2)12-11-13(3)15/h7-8,12-13,15H,4-6,9-11H2,1-3H3. The summed E-state index contributed by atoms with van der Waals surface area (Å²) in [6, 6.07) is 0. The monoisotopic (exact) mass is 210 g/mol. The molecule has 0 rings (SSSR count). The van der Waals surface area contributed by atoms with Gasteiger partial charge < -0.3 is 5.11 Å². The molecule has 0 amide bonds. The number of rotatable bonds is 8. The summed E-state index contributed by atoms with van der Waals surface area (Å²) in [7, 11) is 0. The first-order chi connectivity index (χ1) is 7.20. The minimum absolute atomic E-state index is 0.206. The summed E-state index contributed by atoms with van der Waals surface area (Å²) in [4.78, 5) is 0. The van der Waals surface area contributed by atoms with E-state index in [0.29, 0.717) is 0 Å². The zero-order valence-electron chi connectivity index (χ0n) is 10.5. The van der Waals surface area contributed by atoms with Crippen LogP contribution in [-0.4, -0.2) is 11.2 Å². The van der Waals surface area contributed by atoms with Crippen LogP contribution in [0.4, 0.5) is 0 Å². The highest BCUT2D eigenvalue weighted by atomic mass is 16.3. The SMILES string of the molecule is CCCC=CCCC(=CCC(C)O)CC. The predicted octanol–water partition coefficient (Wildman–Crippen LogP) is 4.23. The highest BCUT2D eigenvalue weighted by Crippen LogP contribution is 2.12. The third-order valence-electron chi connectivity index (χ3n) is 2.46. The van der Waals surface area contributed by atoms with Gasteiger partial charge in [0.1, 0.15) is 0 Å². The molecule has 1 heteroatoms. The van der Waals surface area contributed by atoms with Gasteiger partial charge in [0.2, 0.25) is 0 Å². The number of aliphatic hydroxyl groups excluding tert-OH is 1. The van der Waals surface area contributed by atoms with Crippen LogP contribution in [0.5, 0.6) is 0 Å². The molecular formula is C14H26O. The van der Waals surface area contributed by atoms with Gasteiger partial charge in [-0.25, -0.2) is 0 Å². The van der Waals surface area contributed by atoms with Gasteiger partial charge in [-0.2, -0.15) is 0 Å². The molecule has 0 aliphatic rings. The van der Waals surface area contributed by atoms with Gasteiger partial charge in [-0.05, 0) is 39.0 Å². The van der Waals surface area contributed by atoms with Gasteiger partial charge in [0, 0.05) is 0 Å². The Morgan fingerprint density at radius 2 is 1.87 bits per heavy atom. The average Bonchev–Trinajstić information content (AvgIpc) is 2.22. The van der Waals surface area contributed by atoms with Crippen molar-refractivity contribution in [3.8, 4) is 0 Å². The molecule has 0 aromatic heterocycles. The maximum atomic E-state index is 9.18. The zero-order chi connectivity index (χ0) is 11.5. The van der Waals surface area contributed by atoms with Crippen LogP contribution in [0, 0.1) is 0 Å². The van der Waals surface area contributed by atoms with E-state index in [0.717, 1.165) is 25.7 Å². The molecule has 1 atom stereocenters. The van der Waals surface area contributed by atoms with Crippen LogP contribution in [0.3, 0.4) is 0 Å². The lowest BCUT2D eigenvalue weighted by Gasteiger charge is -2.04. The maximum absolute atomic E-state index is 9.18. The molecule has 15 heavy (non-hydrogen) atoms. The quantitative estimate of drug-likeness (QED) is 0.594. The van der Waals surface area contributed by atoms with E-state index in [2.05, 4.69) is 32.1 Å². The molecular weight excluding hydrogens is 184 g/mol. The fourth-order valence-corrected chi connectivity index (χ4v) is 1.43. The molecule has 0 spiro atoms. The van der Waals surface area contributed by atoms with Crippen LogP contribution in [0.1, 0.15) is 59.3 Å². The van der Waals surface area contributed by atoms with Crippen LogP contribution in [0.25, 0.3) is 0 Å². The van der Waals surface area contributed by atoms with Crippen molar-refractivity contribution in [3.63, 3.8) is 0 Å². The molecule has 0 saturated carbocycles. The lowest BCUT2D eigenvalue weighted by molar-refractivity contribution is 0.198. The Labute approximate surface area is 94.9 Å². The van der Waals surface area contributed by atoms with E-state index < -0.39 is 0 Å². The Hall–Kier alpha value is -0.560. The molecule has 0 saturated heterocycles. The van der Waals surface area contributed by atoms with Crippen LogP contribution >= 0.6 is 0 Å². The summed E-state index contributed by atoms with van der Waals surface area (Å²) in [5.41, 5.74) is 1.47. The molecule has 0 aliphatic carbocycles. The van der Waals surface area contributed by atoms with Crippen molar-refractivity contribution < 1.29 is 5.11 Å². The summed E-state index contributed by atoms with van der Waals surface area (Å²) in [5.74, 6) is 0. The molecule has 0 fully saturated rings. The molecule has 1 N–H and O–H groups in total. The highest BCUT2D eigenvalue weighted by molar-refractivity contribution is 5.03. The molecule has 1 nitrogen and oxygen atoms in total. The molecule has 88 valence electrons. The largest absolute Gasteiger partial charge is 0.393 e. The van der Waals surface area contributed by atoms with E-state index in [-0.39, 0.29) is 6.10 Å². The summed E-state index contributed by atoms with van der Waals surface area (Å²) in [6.07, 6.45) is 13.1. The number of allylic oxidation sites excluding steroid dienone is 3. The first kappa shape index (κ1) is 14.4. The topological polar surface area (TPSA) is 20.2 Å². The molecule has 0 bridgehead atoms. The number of hydrogen-bond donors (Lipinski definition) is 1. The summed E-state index contributed by atoms with van der Waals surface area (Å²) in [6.45, 7) is 6.22. The molecule has 0 aliphatic heterocycles. The van der Waals surface area contributed by atoms with E-state index in [9.17, 15) is 5.11 Å². The molecule has 0 heterocycles. The Morgan fingerprint density at radius 1 is 1.20 bits per heavy atom. The minimum Gasteiger partial charge on any atom is -0.393 e. The second-order valence-electron chi connectivity index (χ2n) is 4.10. The summed E-state index contributed by atoms with van der Waals surface area (Å²) < 4.78 is 0. The Bertz CT molecular complexity index is 190. The molecule has 0 aromatic carbocycles. The summed E-state index contributed by atoms with van der Waals surface area (Å²) in [5, 5.41) is 9.18. The van der Waals surface area contributed by atoms with E-state index in [1.54, 1.807) is 0 Å². The second-order valence-corrected chi connectivity index (χ2v) is 4.10. The second kappa shape index (κ2) is 9.97. The van der Waals surface area contributed by atoms with Crippen LogP contribution < -0.4 is 0 Å². The van der Waals surface area contributed by atoms with Gasteiger partial charge >= 0.3 is 0 Å². The van der Waals surface area contributed by atoms with Gasteiger partial charge in [0.15, 0.2) is 0 Å². The first-order valence-electron chi connectivity index (χ1n) is 6.21. The lowest BCUT2D eigenvalue weighted by atomic mass is 10.0. The molecule has 1 unspecified atom stereocenters. The van der Waals surface area contributed by atoms with Crippen molar-refractivity contribution in [2.24, 2.45) is 0 Å². The highest BCUT2D eigenvalue weighted by Gasteiger charge is 1.95. The lowest BCUT2D eigenvalue weighted by Crippen LogP contribution is -1.96. The van der Waals surface area contributed by atoms with Crippen molar-refractivity contribution in [3.05, 3.63) is 23.8 Å². The third-order valence-corrected chi connectivity index (χ3v) is 2.46. The predicted molar refractivity (Wildman–Crippen MR) is 68.0 cm³/mol. The Morgan fingerprint density at radius 3 is 2.40 bits per heavy atom. The van der Waals surface area contributed by atoms with Crippen molar-refractivity contribution in [1.29, 1.82) is 0 Å². The normalized spacial score (nSPS) is 14.8. The molecule has 0 aromatic rings. The van der Waals surface area contributed by atoms with Crippen LogP contribution in [0.15, 0.2) is 23.8 Å². The van der Waals surface area contributed by atoms with Crippen molar-refractivity contribution >= 4 is 0 Å². The van der Waals surface area contributed by atoms with Gasteiger partial charge in [-0.1, -0.05) is 44.1 Å². The Kier molecular flexibility index (Phi) is 9.60.